The van der Waals surface area contributed by atoms with E-state index in [9.17, 15) is 4.79 Å². The summed E-state index contributed by atoms with van der Waals surface area (Å²) in [4.78, 5) is 29.3. The van der Waals surface area contributed by atoms with E-state index < -0.39 is 0 Å². The first-order valence-electron chi connectivity index (χ1n) is 9.92. The van der Waals surface area contributed by atoms with E-state index in [1.165, 1.54) is 0 Å². The van der Waals surface area contributed by atoms with Crippen molar-refractivity contribution in [3.05, 3.63) is 18.5 Å². The highest BCUT2D eigenvalue weighted by atomic mass is 127. The number of nitrogens with zero attached hydrogens (tertiary/aromatic N) is 5. The molecule has 158 valence electrons. The Morgan fingerprint density at radius 3 is 2.36 bits per heavy atom. The molecule has 0 atom stereocenters. The maximum absolute atomic E-state index is 12.4. The number of nitrogens with one attached hydrogen (secondary N) is 2. The molecule has 1 aliphatic heterocycles. The fraction of sp³-hybridized carbons (Fsp3) is 0.684. The normalized spacial score (nSPS) is 14.6. The zero-order valence-corrected chi connectivity index (χ0v) is 19.6. The smallest absolute Gasteiger partial charge is 0.225 e. The van der Waals surface area contributed by atoms with Crippen LogP contribution in [0.1, 0.15) is 33.1 Å². The molecule has 1 aliphatic rings. The van der Waals surface area contributed by atoms with Gasteiger partial charge in [-0.15, -0.1) is 24.0 Å². The Labute approximate surface area is 185 Å². The van der Waals surface area contributed by atoms with Crippen molar-refractivity contribution in [1.29, 1.82) is 0 Å². The summed E-state index contributed by atoms with van der Waals surface area (Å²) in [7, 11) is 1.76. The third kappa shape index (κ3) is 7.76. The van der Waals surface area contributed by atoms with Crippen LogP contribution < -0.4 is 15.5 Å². The summed E-state index contributed by atoms with van der Waals surface area (Å²) < 4.78 is 0. The number of aromatic nitrogens is 2. The molecule has 1 saturated heterocycles. The number of hydrogen-bond donors (Lipinski definition) is 2. The van der Waals surface area contributed by atoms with Gasteiger partial charge in [-0.05, 0) is 12.0 Å². The molecule has 2 N–H and O–H groups in total. The molecule has 0 spiro atoms. The van der Waals surface area contributed by atoms with Crippen molar-refractivity contribution in [3.63, 3.8) is 0 Å². The summed E-state index contributed by atoms with van der Waals surface area (Å²) in [5, 5.41) is 6.58. The molecule has 1 aromatic heterocycles. The van der Waals surface area contributed by atoms with Crippen molar-refractivity contribution in [2.24, 2.45) is 10.9 Å². The van der Waals surface area contributed by atoms with Crippen LogP contribution in [0, 0.1) is 5.92 Å². The van der Waals surface area contributed by atoms with Crippen molar-refractivity contribution in [1.82, 2.24) is 25.5 Å². The summed E-state index contributed by atoms with van der Waals surface area (Å²) in [5.74, 6) is 2.32. The van der Waals surface area contributed by atoms with Gasteiger partial charge in [0, 0.05) is 65.1 Å². The van der Waals surface area contributed by atoms with Gasteiger partial charge in [-0.1, -0.05) is 26.7 Å². The molecule has 0 radical (unpaired) electrons. The number of guanidine groups is 1. The highest BCUT2D eigenvalue weighted by Gasteiger charge is 2.22. The van der Waals surface area contributed by atoms with Crippen LogP contribution in [0.15, 0.2) is 23.5 Å². The molecule has 8 nitrogen and oxygen atoms in total. The topological polar surface area (TPSA) is 85.8 Å². The van der Waals surface area contributed by atoms with Gasteiger partial charge in [-0.25, -0.2) is 9.97 Å². The van der Waals surface area contributed by atoms with E-state index in [2.05, 4.69) is 44.3 Å². The van der Waals surface area contributed by atoms with E-state index in [1.54, 1.807) is 19.4 Å². The number of amides is 1. The largest absolute Gasteiger partial charge is 0.356 e. The molecule has 2 heterocycles. The lowest BCUT2D eigenvalue weighted by Gasteiger charge is -2.34. The Kier molecular flexibility index (Phi) is 11.8. The number of rotatable bonds is 8. The monoisotopic (exact) mass is 503 g/mol. The Balaban J connectivity index is 0.00000392. The standard InChI is InChI=1S/C19H33N7O.HI/c1-4-16(5-2)15-24-18(20-3)21-10-7-17(27)25-11-13-26(14-12-25)19-22-8-6-9-23-19;/h6,8-9,16H,4-5,7,10-15H2,1-3H3,(H2,20,21,24);1H. The first-order chi connectivity index (χ1) is 13.2. The first kappa shape index (κ1) is 24.4. The minimum Gasteiger partial charge on any atom is -0.356 e. The fourth-order valence-electron chi connectivity index (χ4n) is 3.10. The van der Waals surface area contributed by atoms with Gasteiger partial charge >= 0.3 is 0 Å². The van der Waals surface area contributed by atoms with Gasteiger partial charge in [-0.2, -0.15) is 0 Å². The maximum atomic E-state index is 12.4. The molecule has 0 aliphatic carbocycles. The predicted molar refractivity (Wildman–Crippen MR) is 124 cm³/mol. The molecule has 1 fully saturated rings. The molecule has 0 unspecified atom stereocenters. The van der Waals surface area contributed by atoms with Crippen molar-refractivity contribution in [3.8, 4) is 0 Å². The summed E-state index contributed by atoms with van der Waals surface area (Å²) >= 11 is 0. The van der Waals surface area contributed by atoms with Gasteiger partial charge in [0.15, 0.2) is 5.96 Å². The molecule has 2 rings (SSSR count). The molecule has 9 heteroatoms. The van der Waals surface area contributed by atoms with Crippen LogP contribution in [-0.4, -0.2) is 73.1 Å². The van der Waals surface area contributed by atoms with Crippen LogP contribution in [0.3, 0.4) is 0 Å². The minimum atomic E-state index is 0. The van der Waals surface area contributed by atoms with Gasteiger partial charge in [0.2, 0.25) is 11.9 Å². The lowest BCUT2D eigenvalue weighted by atomic mass is 10.0. The molecule has 0 saturated carbocycles. The zero-order chi connectivity index (χ0) is 19.5. The molecule has 1 aromatic rings. The van der Waals surface area contributed by atoms with Crippen LogP contribution in [0.4, 0.5) is 5.95 Å². The molecule has 1 amide bonds. The lowest BCUT2D eigenvalue weighted by Crippen LogP contribution is -2.50. The second-order valence-corrected chi connectivity index (χ2v) is 6.73. The quantitative estimate of drug-likeness (QED) is 0.320. The summed E-state index contributed by atoms with van der Waals surface area (Å²) in [5.41, 5.74) is 0. The summed E-state index contributed by atoms with van der Waals surface area (Å²) in [6.07, 6.45) is 6.26. The Morgan fingerprint density at radius 2 is 1.79 bits per heavy atom. The van der Waals surface area contributed by atoms with Crippen molar-refractivity contribution < 1.29 is 4.79 Å². The Bertz CT molecular complexity index is 587. The van der Waals surface area contributed by atoms with Gasteiger partial charge in [0.1, 0.15) is 0 Å². The maximum Gasteiger partial charge on any atom is 0.225 e. The zero-order valence-electron chi connectivity index (χ0n) is 17.2. The number of carbonyl (C=O) groups is 1. The number of anilines is 1. The van der Waals surface area contributed by atoms with Gasteiger partial charge in [-0.3, -0.25) is 9.79 Å². The van der Waals surface area contributed by atoms with Crippen LogP contribution in [0.25, 0.3) is 0 Å². The predicted octanol–water partition coefficient (Wildman–Crippen LogP) is 1.73. The molecule has 28 heavy (non-hydrogen) atoms. The number of hydrogen-bond acceptors (Lipinski definition) is 5. The third-order valence-electron chi connectivity index (χ3n) is 5.04. The van der Waals surface area contributed by atoms with Gasteiger partial charge in [0.05, 0.1) is 0 Å². The second kappa shape index (κ2) is 13.5. The molecule has 0 bridgehead atoms. The number of halogens is 1. The number of aliphatic imine (C=N–C) groups is 1. The fourth-order valence-corrected chi connectivity index (χ4v) is 3.10. The van der Waals surface area contributed by atoms with Crippen LogP contribution in [-0.2, 0) is 4.79 Å². The van der Waals surface area contributed by atoms with Gasteiger partial charge < -0.3 is 20.4 Å². The van der Waals surface area contributed by atoms with E-state index in [1.807, 2.05) is 11.0 Å². The number of carbonyl (C=O) groups excluding carboxylic acids is 1. The molecular formula is C19H34IN7O. The summed E-state index contributed by atoms with van der Waals surface area (Å²) in [6, 6.07) is 1.81. The highest BCUT2D eigenvalue weighted by Crippen LogP contribution is 2.10. The van der Waals surface area contributed by atoms with Crippen molar-refractivity contribution in [2.75, 3.05) is 51.2 Å². The second-order valence-electron chi connectivity index (χ2n) is 6.73. The summed E-state index contributed by atoms with van der Waals surface area (Å²) in [6.45, 7) is 8.84. The van der Waals surface area contributed by atoms with Crippen molar-refractivity contribution >= 4 is 41.8 Å². The molecule has 0 aromatic carbocycles. The minimum absolute atomic E-state index is 0. The average molecular weight is 503 g/mol. The van der Waals surface area contributed by atoms with Crippen LogP contribution >= 0.6 is 24.0 Å². The Morgan fingerprint density at radius 1 is 1.14 bits per heavy atom. The van der Waals surface area contributed by atoms with E-state index >= 15 is 0 Å². The van der Waals surface area contributed by atoms with E-state index in [4.69, 9.17) is 0 Å². The van der Waals surface area contributed by atoms with E-state index in [0.717, 1.165) is 44.4 Å². The number of piperazine rings is 1. The lowest BCUT2D eigenvalue weighted by molar-refractivity contribution is -0.131. The van der Waals surface area contributed by atoms with E-state index in [-0.39, 0.29) is 29.9 Å². The first-order valence-corrected chi connectivity index (χ1v) is 9.92. The average Bonchev–Trinajstić information content (AvgIpc) is 2.73. The molecular weight excluding hydrogens is 469 g/mol. The van der Waals surface area contributed by atoms with Gasteiger partial charge in [0.25, 0.3) is 0 Å². The van der Waals surface area contributed by atoms with E-state index in [0.29, 0.717) is 32.0 Å². The highest BCUT2D eigenvalue weighted by molar-refractivity contribution is 14.0. The van der Waals surface area contributed by atoms with Crippen LogP contribution in [0.2, 0.25) is 0 Å². The Hall–Kier alpha value is -1.65. The SMILES string of the molecule is CCC(CC)CNC(=NC)NCCC(=O)N1CCN(c2ncccn2)CC1.I. The van der Waals surface area contributed by atoms with Crippen LogP contribution in [0.5, 0.6) is 0 Å². The van der Waals surface area contributed by atoms with Crippen molar-refractivity contribution in [2.45, 2.75) is 33.1 Å². The third-order valence-corrected chi connectivity index (χ3v) is 5.04.